The summed E-state index contributed by atoms with van der Waals surface area (Å²) in [6.45, 7) is 21.0. The van der Waals surface area contributed by atoms with E-state index in [2.05, 4.69) is 48.3 Å². The van der Waals surface area contributed by atoms with Crippen LogP contribution in [0.15, 0.2) is 85.5 Å². The lowest BCUT2D eigenvalue weighted by atomic mass is 9.91. The number of carbonyl (C=O) groups excluding carboxylic acids is 4. The summed E-state index contributed by atoms with van der Waals surface area (Å²) in [7, 11) is -0.678. The molecule has 490 valence electrons. The topological polar surface area (TPSA) is 288 Å². The molecule has 28 heteroatoms. The van der Waals surface area contributed by atoms with Crippen molar-refractivity contribution in [3.05, 3.63) is 146 Å². The summed E-state index contributed by atoms with van der Waals surface area (Å²) in [5, 5.41) is 22.1. The summed E-state index contributed by atoms with van der Waals surface area (Å²) < 4.78 is 55.3. The number of esters is 3. The van der Waals surface area contributed by atoms with Crippen molar-refractivity contribution in [2.75, 3.05) is 51.4 Å². The van der Waals surface area contributed by atoms with Gasteiger partial charge < -0.3 is 38.7 Å². The molecule has 0 bridgehead atoms. The number of aromatic amines is 1. The molecule has 0 saturated heterocycles. The van der Waals surface area contributed by atoms with E-state index in [9.17, 15) is 42.0 Å². The van der Waals surface area contributed by atoms with Crippen LogP contribution in [0.3, 0.4) is 0 Å². The van der Waals surface area contributed by atoms with Crippen molar-refractivity contribution in [1.29, 1.82) is 0 Å². The van der Waals surface area contributed by atoms with Gasteiger partial charge in [0.15, 0.2) is 26.9 Å². The largest absolute Gasteiger partial charge is 0.494 e. The van der Waals surface area contributed by atoms with Crippen molar-refractivity contribution >= 4 is 103 Å². The molecule has 0 saturated carbocycles. The number of fused-ring (bicyclic) bond motifs is 1. The Kier molecular flexibility index (Phi) is 24.3. The summed E-state index contributed by atoms with van der Waals surface area (Å²) in [6, 6.07) is 14.8. The number of carbonyl (C=O) groups is 5. The van der Waals surface area contributed by atoms with Crippen LogP contribution < -0.4 is 25.6 Å². The number of nitrogens with zero attached hydrogens (tertiary/aromatic N) is 6. The van der Waals surface area contributed by atoms with Crippen LogP contribution in [0.25, 0.3) is 11.1 Å². The Balaban J connectivity index is 0.000000199. The molecule has 1 unspecified atom stereocenters. The molecule has 0 radical (unpaired) electrons. The Morgan fingerprint density at radius 2 is 1.42 bits per heavy atom. The minimum atomic E-state index is -3.52. The average molecular weight is 1360 g/mol. The quantitative estimate of drug-likeness (QED) is 0.0713. The number of aromatic carboxylic acids is 1. The molecule has 2 N–H and O–H groups in total. The van der Waals surface area contributed by atoms with E-state index in [1.165, 1.54) is 59.9 Å². The lowest BCUT2D eigenvalue weighted by Gasteiger charge is -2.32. The Bertz CT molecular complexity index is 4060. The number of benzene rings is 4. The number of aromatic nitrogens is 4. The Hall–Kier alpha value is -7.74. The number of aryl methyl sites for hydroxylation is 4. The third-order valence-electron chi connectivity index (χ3n) is 14.5. The van der Waals surface area contributed by atoms with Gasteiger partial charge in [0.05, 0.1) is 83.4 Å². The SMILES string of the molecule is CCOC(=O)C1=NN(c2ccc(Cl)cc2Cl)C(C)(C(=O)OCC)C1.CCc1cc(C)cc(CC)c1-c1c(OC(=O)C(C)(C)C)n2n(c1=O)CCOCC2.COc1c(Cl)ccc(Cl)c1C(=O)O.Cc1c(C(=O)c2c[nH]n(C)c2=O)ccc(S(C)(=O)=O)c1C1=NOCC1. The number of H-pyrrole nitrogens is 1. The van der Waals surface area contributed by atoms with Crippen LogP contribution in [-0.4, -0.2) is 126 Å². The second-order valence-corrected chi connectivity index (χ2v) is 25.8. The highest BCUT2D eigenvalue weighted by Crippen LogP contribution is 2.41. The van der Waals surface area contributed by atoms with E-state index in [1.54, 1.807) is 55.3 Å². The summed E-state index contributed by atoms with van der Waals surface area (Å²) in [4.78, 5) is 91.5. The highest BCUT2D eigenvalue weighted by Gasteiger charge is 2.50. The molecule has 0 spiro atoms. The molecular formula is C63H73Cl4N7O16S. The molecule has 1 atom stereocenters. The predicted octanol–water partition coefficient (Wildman–Crippen LogP) is 10.7. The molecule has 3 aliphatic rings. The fourth-order valence-corrected chi connectivity index (χ4v) is 11.9. The second kappa shape index (κ2) is 30.6. The maximum atomic E-state index is 13.5. The molecule has 23 nitrogen and oxygen atoms in total. The molecule has 0 fully saturated rings. The summed E-state index contributed by atoms with van der Waals surface area (Å²) in [5.41, 5.74) is 4.39. The normalized spacial score (nSPS) is 15.2. The molecule has 9 rings (SSSR count). The highest BCUT2D eigenvalue weighted by molar-refractivity contribution is 7.90. The van der Waals surface area contributed by atoms with Crippen molar-refractivity contribution in [2.45, 2.75) is 118 Å². The average Bonchev–Trinajstić information content (AvgIpc) is 1.68. The molecule has 3 aliphatic heterocycles. The first-order valence-corrected chi connectivity index (χ1v) is 32.2. The highest BCUT2D eigenvalue weighted by atomic mass is 35.5. The molecule has 0 amide bonds. The van der Waals surface area contributed by atoms with Gasteiger partial charge in [-0.1, -0.05) is 83.1 Å². The van der Waals surface area contributed by atoms with Crippen LogP contribution in [0.5, 0.6) is 11.6 Å². The van der Waals surface area contributed by atoms with E-state index in [0.717, 1.165) is 35.8 Å². The van der Waals surface area contributed by atoms with Gasteiger partial charge in [0.2, 0.25) is 5.88 Å². The lowest BCUT2D eigenvalue weighted by Crippen LogP contribution is -2.48. The van der Waals surface area contributed by atoms with Gasteiger partial charge in [-0.2, -0.15) is 5.10 Å². The fourth-order valence-electron chi connectivity index (χ4n) is 9.99. The number of nitrogens with one attached hydrogen (secondary N) is 1. The van der Waals surface area contributed by atoms with Crippen LogP contribution in [0.1, 0.15) is 122 Å². The third-order valence-corrected chi connectivity index (χ3v) is 16.8. The Labute approximate surface area is 546 Å². The number of methoxy groups -OCH3 is 1. The number of hydrazone groups is 1. The Morgan fingerprint density at radius 1 is 0.791 bits per heavy atom. The van der Waals surface area contributed by atoms with E-state index in [-0.39, 0.29) is 74.3 Å². The monoisotopic (exact) mass is 1360 g/mol. The molecule has 2 aromatic heterocycles. The Morgan fingerprint density at radius 3 is 1.93 bits per heavy atom. The fraction of sp³-hybridized carbons (Fsp3) is 0.413. The van der Waals surface area contributed by atoms with Gasteiger partial charge >= 0.3 is 23.9 Å². The number of ether oxygens (including phenoxy) is 5. The number of anilines is 1. The molecule has 91 heavy (non-hydrogen) atoms. The van der Waals surface area contributed by atoms with Gasteiger partial charge in [0.1, 0.15) is 29.0 Å². The van der Waals surface area contributed by atoms with Crippen LogP contribution >= 0.6 is 46.4 Å². The number of sulfone groups is 1. The van der Waals surface area contributed by atoms with Gasteiger partial charge in [-0.25, -0.2) is 37.2 Å². The molecule has 5 heterocycles. The molecule has 4 aromatic carbocycles. The number of carboxylic acid groups (broad SMARTS) is 1. The van der Waals surface area contributed by atoms with E-state index in [1.807, 2.05) is 20.8 Å². The van der Waals surface area contributed by atoms with E-state index in [0.29, 0.717) is 83.3 Å². The first-order chi connectivity index (χ1) is 42.8. The second-order valence-electron chi connectivity index (χ2n) is 22.1. The molecule has 0 aliphatic carbocycles. The molecular weight excluding hydrogens is 1280 g/mol. The first kappa shape index (κ1) is 72.3. The van der Waals surface area contributed by atoms with Crippen LogP contribution in [0.4, 0.5) is 5.69 Å². The number of halogens is 4. The number of hydrogen-bond acceptors (Lipinski definition) is 18. The van der Waals surface area contributed by atoms with Gasteiger partial charge in [-0.05, 0) is 133 Å². The van der Waals surface area contributed by atoms with Crippen molar-refractivity contribution in [3.8, 4) is 22.8 Å². The van der Waals surface area contributed by atoms with Crippen molar-refractivity contribution in [3.63, 3.8) is 0 Å². The number of oxime groups is 1. The minimum Gasteiger partial charge on any atom is -0.494 e. The number of carboxylic acids is 1. The summed E-state index contributed by atoms with van der Waals surface area (Å²) in [6.07, 6.45) is 4.54. The summed E-state index contributed by atoms with van der Waals surface area (Å²) in [5.74, 6) is -2.63. The maximum absolute atomic E-state index is 13.5. The molecule has 6 aromatic rings. The van der Waals surface area contributed by atoms with Crippen molar-refractivity contribution < 1.29 is 66.0 Å². The zero-order valence-electron chi connectivity index (χ0n) is 52.7. The number of rotatable bonds is 15. The van der Waals surface area contributed by atoms with Crippen LogP contribution in [-0.2, 0) is 76.2 Å². The van der Waals surface area contributed by atoms with Gasteiger partial charge in [0.25, 0.3) is 11.1 Å². The van der Waals surface area contributed by atoms with Crippen LogP contribution in [0, 0.1) is 19.3 Å². The van der Waals surface area contributed by atoms with Gasteiger partial charge in [-0.15, -0.1) is 0 Å². The zero-order valence-corrected chi connectivity index (χ0v) is 56.6. The van der Waals surface area contributed by atoms with Gasteiger partial charge in [0, 0.05) is 48.5 Å². The third kappa shape index (κ3) is 16.3. The zero-order chi connectivity index (χ0) is 67.6. The van der Waals surface area contributed by atoms with Crippen molar-refractivity contribution in [2.24, 2.45) is 22.7 Å². The number of hydrogen-bond donors (Lipinski definition) is 2. The smallest absolute Gasteiger partial charge is 0.354 e. The minimum absolute atomic E-state index is 0.00623. The predicted molar refractivity (Wildman–Crippen MR) is 347 cm³/mol. The van der Waals surface area contributed by atoms with Gasteiger partial charge in [-0.3, -0.25) is 23.9 Å². The van der Waals surface area contributed by atoms with E-state index < -0.39 is 50.0 Å². The van der Waals surface area contributed by atoms with E-state index in [4.69, 9.17) is 80.0 Å². The maximum Gasteiger partial charge on any atom is 0.354 e. The summed E-state index contributed by atoms with van der Waals surface area (Å²) >= 11 is 23.5. The number of ketones is 1. The van der Waals surface area contributed by atoms with Crippen molar-refractivity contribution in [1.82, 2.24) is 19.1 Å². The van der Waals surface area contributed by atoms with E-state index >= 15 is 0 Å². The lowest BCUT2D eigenvalue weighted by molar-refractivity contribution is -0.148. The van der Waals surface area contributed by atoms with Crippen LogP contribution in [0.2, 0.25) is 20.1 Å². The standard InChI is InChI=1S/C23H32N2O4.C16H18Cl2N2O4.C16H17N3O5S.C8H6Cl2O3/c1-7-16-13-15(3)14-17(8-2)18(16)19-20(26)24-9-11-28-12-10-25(24)21(19)29-22(27)23(4,5)6;1-4-23-14(21)12-9-16(3,15(22)24-5-2)20(19-12)13-7-6-10(17)8-11(13)18;1-9-10(15(20)11-8-17-19(2)16(11)21)4-5-13(25(3,22)23)14(9)12-6-7-24-18-12;1-13-7-5(10)3-2-4(9)6(7)8(11)12/h13-14H,7-12H2,1-6H3;6-8H,4-5,9H2,1-3H3;4-5,8,17H,6-7H2,1-3H3;2-3H,1H3,(H,11,12). The first-order valence-electron chi connectivity index (χ1n) is 28.8.